The molecule has 4 heteroatoms. The molecule has 2 nitrogen and oxygen atoms in total. The maximum atomic E-state index is 13.7. The highest BCUT2D eigenvalue weighted by molar-refractivity contribution is 7.99. The molecule has 1 aliphatic rings. The average molecular weight is 400 g/mol. The van der Waals surface area contributed by atoms with Crippen LogP contribution in [0.4, 0.5) is 4.39 Å². The minimum absolute atomic E-state index is 0.152. The lowest BCUT2D eigenvalue weighted by molar-refractivity contribution is 0.116. The van der Waals surface area contributed by atoms with Crippen LogP contribution in [-0.2, 0) is 5.41 Å². The van der Waals surface area contributed by atoms with Crippen LogP contribution in [0.15, 0.2) is 65.7 Å². The second-order valence-electron chi connectivity index (χ2n) is 8.36. The van der Waals surface area contributed by atoms with Crippen molar-refractivity contribution >= 4 is 11.8 Å². The number of halogens is 1. The van der Waals surface area contributed by atoms with Crippen molar-refractivity contribution < 1.29 is 9.13 Å². The molecule has 0 aromatic heterocycles. The highest BCUT2D eigenvalue weighted by Crippen LogP contribution is 2.34. The second-order valence-corrected chi connectivity index (χ2v) is 9.41. The molecule has 0 amide bonds. The summed E-state index contributed by atoms with van der Waals surface area (Å²) < 4.78 is 20.0. The van der Waals surface area contributed by atoms with Gasteiger partial charge in [0.2, 0.25) is 0 Å². The van der Waals surface area contributed by atoms with Gasteiger partial charge in [-0.15, -0.1) is 11.8 Å². The molecule has 0 aliphatic carbocycles. The Kier molecular flexibility index (Phi) is 6.71. The summed E-state index contributed by atoms with van der Waals surface area (Å²) in [6.45, 7) is 12.4. The Morgan fingerprint density at radius 1 is 1.14 bits per heavy atom. The van der Waals surface area contributed by atoms with Crippen LogP contribution in [0.5, 0.6) is 5.75 Å². The third-order valence-electron chi connectivity index (χ3n) is 5.08. The van der Waals surface area contributed by atoms with Crippen LogP contribution in [-0.4, -0.2) is 29.8 Å². The van der Waals surface area contributed by atoms with Gasteiger partial charge in [-0.1, -0.05) is 45.5 Å². The quantitative estimate of drug-likeness (QED) is 0.531. The largest absolute Gasteiger partial charge is 0.490 e. The predicted molar refractivity (Wildman–Crippen MR) is 117 cm³/mol. The fourth-order valence-corrected chi connectivity index (χ4v) is 4.30. The van der Waals surface area contributed by atoms with E-state index >= 15 is 0 Å². The van der Waals surface area contributed by atoms with Crippen molar-refractivity contribution in [3.8, 4) is 5.75 Å². The SMILES string of the molecule is C=C(CSc1ccccc1)N1CCC(Oc2ccc(F)cc2C(C)(C)C)CC1. The predicted octanol–water partition coefficient (Wildman–Crippen LogP) is 6.27. The molecule has 1 heterocycles. The van der Waals surface area contributed by atoms with Crippen molar-refractivity contribution in [2.45, 2.75) is 50.0 Å². The number of nitrogens with zero attached hydrogens (tertiary/aromatic N) is 1. The van der Waals surface area contributed by atoms with Crippen molar-refractivity contribution in [3.63, 3.8) is 0 Å². The van der Waals surface area contributed by atoms with Crippen molar-refractivity contribution in [1.82, 2.24) is 4.90 Å². The van der Waals surface area contributed by atoms with Gasteiger partial charge < -0.3 is 9.64 Å². The van der Waals surface area contributed by atoms with Crippen LogP contribution in [0.2, 0.25) is 0 Å². The standard InChI is InChI=1S/C24H30FNOS/c1-18(17-28-21-8-6-5-7-9-21)26-14-12-20(13-15-26)27-23-11-10-19(25)16-22(23)24(2,3)4/h5-11,16,20H,1,12-15,17H2,2-4H3. The van der Waals surface area contributed by atoms with Crippen molar-refractivity contribution in [3.05, 3.63) is 72.2 Å². The van der Waals surface area contributed by atoms with Gasteiger partial charge in [-0.05, 0) is 35.7 Å². The molecule has 0 atom stereocenters. The van der Waals surface area contributed by atoms with E-state index in [1.807, 2.05) is 17.8 Å². The van der Waals surface area contributed by atoms with Crippen molar-refractivity contribution in [1.29, 1.82) is 0 Å². The normalized spacial score (nSPS) is 15.5. The zero-order valence-corrected chi connectivity index (χ0v) is 17.9. The molecule has 0 unspecified atom stereocenters. The highest BCUT2D eigenvalue weighted by atomic mass is 32.2. The van der Waals surface area contributed by atoms with Crippen LogP contribution < -0.4 is 4.74 Å². The van der Waals surface area contributed by atoms with E-state index in [1.165, 1.54) is 16.7 Å². The summed E-state index contributed by atoms with van der Waals surface area (Å²) in [6.07, 6.45) is 2.07. The number of hydrogen-bond acceptors (Lipinski definition) is 3. The maximum absolute atomic E-state index is 13.7. The number of hydrogen-bond donors (Lipinski definition) is 0. The topological polar surface area (TPSA) is 12.5 Å². The van der Waals surface area contributed by atoms with Crippen LogP contribution in [0, 0.1) is 5.82 Å². The molecule has 0 radical (unpaired) electrons. The molecule has 1 fully saturated rings. The first kappa shape index (κ1) is 20.8. The minimum atomic E-state index is -0.209. The molecule has 0 bridgehead atoms. The fraction of sp³-hybridized carbons (Fsp3) is 0.417. The fourth-order valence-electron chi connectivity index (χ4n) is 3.44. The van der Waals surface area contributed by atoms with Gasteiger partial charge in [-0.2, -0.15) is 0 Å². The zero-order chi connectivity index (χ0) is 20.1. The Morgan fingerprint density at radius 3 is 2.46 bits per heavy atom. The van der Waals surface area contributed by atoms with Gasteiger partial charge in [0.25, 0.3) is 0 Å². The van der Waals surface area contributed by atoms with Gasteiger partial charge in [0.1, 0.15) is 17.7 Å². The minimum Gasteiger partial charge on any atom is -0.490 e. The molecule has 28 heavy (non-hydrogen) atoms. The Bertz CT molecular complexity index is 792. The van der Waals surface area contributed by atoms with Gasteiger partial charge in [0.05, 0.1) is 0 Å². The first-order valence-corrected chi connectivity index (χ1v) is 10.9. The van der Waals surface area contributed by atoms with Gasteiger partial charge >= 0.3 is 0 Å². The zero-order valence-electron chi connectivity index (χ0n) is 17.1. The number of rotatable bonds is 6. The van der Waals surface area contributed by atoms with E-state index < -0.39 is 0 Å². The van der Waals surface area contributed by atoms with E-state index in [-0.39, 0.29) is 17.3 Å². The molecular weight excluding hydrogens is 369 g/mol. The van der Waals surface area contributed by atoms with Crippen molar-refractivity contribution in [2.24, 2.45) is 0 Å². The van der Waals surface area contributed by atoms with Crippen LogP contribution in [0.1, 0.15) is 39.2 Å². The molecule has 0 saturated carbocycles. The van der Waals surface area contributed by atoms with Crippen LogP contribution >= 0.6 is 11.8 Å². The van der Waals surface area contributed by atoms with E-state index in [4.69, 9.17) is 4.74 Å². The number of thioether (sulfide) groups is 1. The van der Waals surface area contributed by atoms with Gasteiger partial charge in [-0.25, -0.2) is 4.39 Å². The Balaban J connectivity index is 1.52. The molecule has 0 spiro atoms. The summed E-state index contributed by atoms with van der Waals surface area (Å²) in [6, 6.07) is 15.3. The number of ether oxygens (including phenoxy) is 1. The summed E-state index contributed by atoms with van der Waals surface area (Å²) in [5, 5.41) is 0. The summed E-state index contributed by atoms with van der Waals surface area (Å²) in [5.74, 6) is 1.51. The van der Waals surface area contributed by atoms with Gasteiger partial charge in [-0.3, -0.25) is 0 Å². The summed E-state index contributed by atoms with van der Waals surface area (Å²) in [4.78, 5) is 3.64. The molecule has 1 aliphatic heterocycles. The lowest BCUT2D eigenvalue weighted by Gasteiger charge is -2.35. The van der Waals surface area contributed by atoms with E-state index in [1.54, 1.807) is 12.1 Å². The summed E-state index contributed by atoms with van der Waals surface area (Å²) in [7, 11) is 0. The Hall–Kier alpha value is -1.94. The Morgan fingerprint density at radius 2 is 1.82 bits per heavy atom. The third-order valence-corrected chi connectivity index (χ3v) is 6.16. The van der Waals surface area contributed by atoms with Crippen molar-refractivity contribution in [2.75, 3.05) is 18.8 Å². The molecule has 0 N–H and O–H groups in total. The summed E-state index contributed by atoms with van der Waals surface area (Å²) >= 11 is 1.82. The average Bonchev–Trinajstić information content (AvgIpc) is 2.68. The first-order valence-electron chi connectivity index (χ1n) is 9.90. The van der Waals surface area contributed by atoms with Crippen LogP contribution in [0.3, 0.4) is 0 Å². The van der Waals surface area contributed by atoms with Gasteiger partial charge in [0.15, 0.2) is 0 Å². The first-order chi connectivity index (χ1) is 13.3. The van der Waals surface area contributed by atoms with E-state index in [2.05, 4.69) is 56.5 Å². The molecule has 1 saturated heterocycles. The molecule has 2 aromatic carbocycles. The van der Waals surface area contributed by atoms with Crippen LogP contribution in [0.25, 0.3) is 0 Å². The number of benzene rings is 2. The monoisotopic (exact) mass is 399 g/mol. The molecular formula is C24H30FNOS. The number of likely N-dealkylation sites (tertiary alicyclic amines) is 1. The molecule has 3 rings (SSSR count). The third kappa shape index (κ3) is 5.54. The smallest absolute Gasteiger partial charge is 0.123 e. The Labute approximate surface area is 172 Å². The molecule has 2 aromatic rings. The summed E-state index contributed by atoms with van der Waals surface area (Å²) in [5.41, 5.74) is 1.95. The lowest BCUT2D eigenvalue weighted by Crippen LogP contribution is -2.38. The highest BCUT2D eigenvalue weighted by Gasteiger charge is 2.25. The number of piperidine rings is 1. The van der Waals surface area contributed by atoms with E-state index in [0.29, 0.717) is 0 Å². The lowest BCUT2D eigenvalue weighted by atomic mass is 9.86. The van der Waals surface area contributed by atoms with E-state index in [9.17, 15) is 4.39 Å². The van der Waals surface area contributed by atoms with E-state index in [0.717, 1.165) is 43.0 Å². The second kappa shape index (κ2) is 9.04. The maximum Gasteiger partial charge on any atom is 0.123 e. The molecule has 150 valence electrons. The van der Waals surface area contributed by atoms with Gasteiger partial charge in [0, 0.05) is 47.8 Å².